The van der Waals surface area contributed by atoms with Crippen LogP contribution >= 0.6 is 23.5 Å². The van der Waals surface area contributed by atoms with Crippen LogP contribution in [0.4, 0.5) is 0 Å². The molecular formula is C16H17NO4S2. The first-order valence-corrected chi connectivity index (χ1v) is 9.03. The topological polar surface area (TPSA) is 74.7 Å². The number of benzene rings is 1. The lowest BCUT2D eigenvalue weighted by atomic mass is 9.98. The Kier molecular flexibility index (Phi) is 4.18. The Morgan fingerprint density at radius 2 is 1.96 bits per heavy atom. The van der Waals surface area contributed by atoms with E-state index in [1.807, 2.05) is 44.2 Å². The van der Waals surface area contributed by atoms with Gasteiger partial charge in [-0.2, -0.15) is 0 Å². The minimum Gasteiger partial charge on any atom is -0.480 e. The maximum atomic E-state index is 12.3. The van der Waals surface area contributed by atoms with Gasteiger partial charge in [0.1, 0.15) is 16.7 Å². The van der Waals surface area contributed by atoms with Crippen LogP contribution in [0, 0.1) is 0 Å². The molecule has 7 heteroatoms. The number of hydrogen-bond acceptors (Lipinski definition) is 5. The number of rotatable bonds is 4. The van der Waals surface area contributed by atoms with Gasteiger partial charge in [0.25, 0.3) is 0 Å². The summed E-state index contributed by atoms with van der Waals surface area (Å²) in [4.78, 5) is 37.4. The van der Waals surface area contributed by atoms with E-state index in [1.165, 1.54) is 16.7 Å². The summed E-state index contributed by atoms with van der Waals surface area (Å²) in [6.45, 7) is 3.66. The zero-order valence-electron chi connectivity index (χ0n) is 12.8. The van der Waals surface area contributed by atoms with Gasteiger partial charge in [-0.25, -0.2) is 4.79 Å². The Morgan fingerprint density at radius 1 is 1.30 bits per heavy atom. The molecule has 0 radical (unpaired) electrons. The lowest BCUT2D eigenvalue weighted by Crippen LogP contribution is -2.64. The second-order valence-electron chi connectivity index (χ2n) is 6.17. The average molecular weight is 351 g/mol. The highest BCUT2D eigenvalue weighted by molar-refractivity contribution is 8.15. The molecule has 2 saturated heterocycles. The van der Waals surface area contributed by atoms with Crippen molar-refractivity contribution in [1.82, 2.24) is 4.90 Å². The number of carbonyl (C=O) groups is 3. The lowest BCUT2D eigenvalue weighted by molar-refractivity contribution is -0.156. The van der Waals surface area contributed by atoms with Gasteiger partial charge in [0.05, 0.1) is 0 Å². The zero-order valence-corrected chi connectivity index (χ0v) is 14.4. The minimum atomic E-state index is -0.989. The van der Waals surface area contributed by atoms with Gasteiger partial charge in [0.15, 0.2) is 5.12 Å². The van der Waals surface area contributed by atoms with Crippen molar-refractivity contribution >= 4 is 40.5 Å². The first kappa shape index (κ1) is 16.4. The predicted molar refractivity (Wildman–Crippen MR) is 90.3 cm³/mol. The third kappa shape index (κ3) is 2.87. The molecule has 23 heavy (non-hydrogen) atoms. The molecule has 1 N–H and O–H groups in total. The molecule has 2 aliphatic rings. The molecule has 1 amide bonds. The van der Waals surface area contributed by atoms with Crippen molar-refractivity contribution in [3.05, 3.63) is 35.9 Å². The summed E-state index contributed by atoms with van der Waals surface area (Å²) >= 11 is 2.50. The van der Waals surface area contributed by atoms with E-state index in [0.717, 1.165) is 17.3 Å². The number of nitrogens with zero attached hydrogens (tertiary/aromatic N) is 1. The molecule has 2 heterocycles. The molecular weight excluding hydrogens is 334 g/mol. The van der Waals surface area contributed by atoms with E-state index >= 15 is 0 Å². The van der Waals surface area contributed by atoms with Crippen LogP contribution in [0.2, 0.25) is 0 Å². The average Bonchev–Trinajstić information content (AvgIpc) is 2.74. The fourth-order valence-electron chi connectivity index (χ4n) is 3.03. The summed E-state index contributed by atoms with van der Waals surface area (Å²) in [6, 6.07) is 8.55. The number of carbonyl (C=O) groups excluding carboxylic acids is 2. The molecule has 1 aromatic carbocycles. The van der Waals surface area contributed by atoms with Crippen molar-refractivity contribution < 1.29 is 19.5 Å². The molecule has 0 bridgehead atoms. The van der Waals surface area contributed by atoms with Crippen LogP contribution in [-0.2, 0) is 20.8 Å². The van der Waals surface area contributed by atoms with Crippen LogP contribution in [0.15, 0.2) is 30.3 Å². The Bertz CT molecular complexity index is 661. The largest absolute Gasteiger partial charge is 0.480 e. The van der Waals surface area contributed by atoms with E-state index in [9.17, 15) is 19.5 Å². The molecule has 122 valence electrons. The smallest absolute Gasteiger partial charge is 0.327 e. The summed E-state index contributed by atoms with van der Waals surface area (Å²) in [5, 5.41) is 8.60. The molecule has 0 aromatic heterocycles. The normalized spacial score (nSPS) is 28.2. The monoisotopic (exact) mass is 351 g/mol. The van der Waals surface area contributed by atoms with Gasteiger partial charge in [0, 0.05) is 11.2 Å². The number of thioether (sulfide) groups is 2. The molecule has 0 aliphatic carbocycles. The van der Waals surface area contributed by atoms with E-state index in [2.05, 4.69) is 0 Å². The highest BCUT2D eigenvalue weighted by atomic mass is 32.2. The summed E-state index contributed by atoms with van der Waals surface area (Å²) < 4.78 is -0.552. The van der Waals surface area contributed by atoms with E-state index in [0.29, 0.717) is 0 Å². The molecule has 0 spiro atoms. The van der Waals surface area contributed by atoms with E-state index in [-0.39, 0.29) is 22.8 Å². The molecule has 5 nitrogen and oxygen atoms in total. The van der Waals surface area contributed by atoms with E-state index < -0.39 is 22.0 Å². The second-order valence-corrected chi connectivity index (χ2v) is 9.14. The molecule has 2 fully saturated rings. The number of carboxylic acid groups (broad SMARTS) is 1. The van der Waals surface area contributed by atoms with Crippen molar-refractivity contribution in [2.24, 2.45) is 0 Å². The quantitative estimate of drug-likeness (QED) is 0.837. The summed E-state index contributed by atoms with van der Waals surface area (Å²) in [5.74, 6) is -1.23. The first-order valence-electron chi connectivity index (χ1n) is 7.27. The van der Waals surface area contributed by atoms with Gasteiger partial charge in [-0.05, 0) is 19.4 Å². The summed E-state index contributed by atoms with van der Waals surface area (Å²) in [6.07, 6.45) is 0.276. The van der Waals surface area contributed by atoms with E-state index in [1.54, 1.807) is 0 Å². The Hall–Kier alpha value is -1.47. The molecule has 2 aliphatic heterocycles. The number of aliphatic carboxylic acids is 1. The number of hydrogen-bond donors (Lipinski definition) is 1. The standard InChI is InChI=1S/C16H17NO4S2/c1-16(2)12(15(20)21)17-13(19)11(14(17)23-16)22-10(18)8-9-6-4-3-5-7-9/h3-7,11-12,14H,8H2,1-2H3,(H,20,21)/t11-,12+,14-/m1/s1. The van der Waals surface area contributed by atoms with Crippen molar-refractivity contribution in [1.29, 1.82) is 0 Å². The van der Waals surface area contributed by atoms with Crippen LogP contribution in [0.25, 0.3) is 0 Å². The fourth-order valence-corrected chi connectivity index (χ4v) is 5.91. The Balaban J connectivity index is 1.66. The van der Waals surface area contributed by atoms with Crippen molar-refractivity contribution in [2.45, 2.75) is 41.7 Å². The van der Waals surface area contributed by atoms with Crippen molar-refractivity contribution in [3.8, 4) is 0 Å². The van der Waals surface area contributed by atoms with Crippen LogP contribution in [0.1, 0.15) is 19.4 Å². The fraction of sp³-hybridized carbons (Fsp3) is 0.438. The molecule has 0 unspecified atom stereocenters. The summed E-state index contributed by atoms with van der Waals surface area (Å²) in [5.41, 5.74) is 0.913. The SMILES string of the molecule is CC1(C)S[C@@H]2[C@H](SC(=O)Cc3ccccc3)C(=O)N2[C@H]1C(=O)O. The first-order chi connectivity index (χ1) is 10.8. The zero-order chi connectivity index (χ0) is 16.8. The molecule has 1 aromatic rings. The Labute approximate surface area is 142 Å². The number of fused-ring (bicyclic) bond motifs is 1. The Morgan fingerprint density at radius 3 is 2.57 bits per heavy atom. The maximum absolute atomic E-state index is 12.3. The van der Waals surface area contributed by atoms with Gasteiger partial charge in [-0.15, -0.1) is 11.8 Å². The number of β-lactam (4-membered cyclic amide) rings is 1. The maximum Gasteiger partial charge on any atom is 0.327 e. The van der Waals surface area contributed by atoms with Gasteiger partial charge >= 0.3 is 5.97 Å². The highest BCUT2D eigenvalue weighted by Gasteiger charge is 2.64. The summed E-state index contributed by atoms with van der Waals surface area (Å²) in [7, 11) is 0. The van der Waals surface area contributed by atoms with Crippen LogP contribution in [-0.4, -0.2) is 48.4 Å². The van der Waals surface area contributed by atoms with Crippen molar-refractivity contribution in [2.75, 3.05) is 0 Å². The highest BCUT2D eigenvalue weighted by Crippen LogP contribution is 2.53. The van der Waals surface area contributed by atoms with Gasteiger partial charge in [-0.1, -0.05) is 42.1 Å². The molecule has 3 rings (SSSR count). The van der Waals surface area contributed by atoms with Gasteiger partial charge in [0.2, 0.25) is 5.91 Å². The van der Waals surface area contributed by atoms with Gasteiger partial charge < -0.3 is 10.0 Å². The minimum absolute atomic E-state index is 0.0635. The number of carboxylic acids is 1. The molecule has 0 saturated carbocycles. The lowest BCUT2D eigenvalue weighted by Gasteiger charge is -2.42. The third-order valence-corrected chi connectivity index (χ3v) is 6.94. The van der Waals surface area contributed by atoms with Crippen molar-refractivity contribution in [3.63, 3.8) is 0 Å². The van der Waals surface area contributed by atoms with Crippen LogP contribution in [0.5, 0.6) is 0 Å². The van der Waals surface area contributed by atoms with E-state index in [4.69, 9.17) is 0 Å². The van der Waals surface area contributed by atoms with Gasteiger partial charge in [-0.3, -0.25) is 9.59 Å². The third-order valence-electron chi connectivity index (χ3n) is 4.08. The van der Waals surface area contributed by atoms with Crippen LogP contribution < -0.4 is 0 Å². The second kappa shape index (κ2) is 5.87. The molecule has 3 atom stereocenters. The predicted octanol–water partition coefficient (Wildman–Crippen LogP) is 2.00. The van der Waals surface area contributed by atoms with Crippen LogP contribution in [0.3, 0.4) is 0 Å². The number of amides is 1.